The number of hydrogen-bond donors (Lipinski definition) is 0. The molecule has 0 fully saturated rings. The molecule has 16 heavy (non-hydrogen) atoms. The minimum absolute atomic E-state index is 0.242. The zero-order chi connectivity index (χ0) is 12.3. The summed E-state index contributed by atoms with van der Waals surface area (Å²) in [7, 11) is 4.65. The first-order valence-electron chi connectivity index (χ1n) is 4.51. The molecule has 1 rings (SSSR count). The molecule has 0 saturated heterocycles. The van der Waals surface area contributed by atoms with E-state index in [0.29, 0.717) is 17.1 Å². The number of methoxy groups -OCH3 is 2. The second-order valence-electron chi connectivity index (χ2n) is 3.30. The molecule has 1 aromatic carbocycles. The molecule has 0 atom stereocenters. The van der Waals surface area contributed by atoms with Gasteiger partial charge in [0.25, 0.3) is 0 Å². The van der Waals surface area contributed by atoms with Crippen LogP contribution in [0.1, 0.15) is 11.1 Å². The summed E-state index contributed by atoms with van der Waals surface area (Å²) in [5.41, 5.74) is 1.32. The van der Waals surface area contributed by atoms with Gasteiger partial charge < -0.3 is 9.47 Å². The third-order valence-corrected chi connectivity index (χ3v) is 3.21. The average Bonchev–Trinajstić information content (AvgIpc) is 2.19. The maximum atomic E-state index is 11.0. The predicted molar refractivity (Wildman–Crippen MR) is 62.8 cm³/mol. The van der Waals surface area contributed by atoms with Crippen molar-refractivity contribution in [1.82, 2.24) is 0 Å². The van der Waals surface area contributed by atoms with E-state index >= 15 is 0 Å². The van der Waals surface area contributed by atoms with Crippen LogP contribution in [0.15, 0.2) is 12.1 Å². The van der Waals surface area contributed by atoms with Crippen LogP contribution in [-0.4, -0.2) is 22.6 Å². The van der Waals surface area contributed by atoms with Gasteiger partial charge in [0.15, 0.2) is 0 Å². The highest BCUT2D eigenvalue weighted by molar-refractivity contribution is 8.13. The van der Waals surface area contributed by atoms with Gasteiger partial charge in [-0.05, 0) is 24.1 Å². The molecule has 0 aliphatic carbocycles. The Labute approximate surface area is 99.6 Å². The standard InChI is InChI=1S/C10H13ClO4S/c1-7-8(6-16(11,12)13)4-9(14-2)5-10(7)15-3/h4-5H,6H2,1-3H3. The summed E-state index contributed by atoms with van der Waals surface area (Å²) in [6.45, 7) is 1.77. The van der Waals surface area contributed by atoms with Crippen molar-refractivity contribution in [2.24, 2.45) is 0 Å². The number of hydrogen-bond acceptors (Lipinski definition) is 4. The van der Waals surface area contributed by atoms with Crippen molar-refractivity contribution < 1.29 is 17.9 Å². The molecule has 1 aromatic rings. The fourth-order valence-electron chi connectivity index (χ4n) is 1.38. The molecule has 0 amide bonds. The van der Waals surface area contributed by atoms with Crippen LogP contribution in [0.2, 0.25) is 0 Å². The Morgan fingerprint density at radius 3 is 2.31 bits per heavy atom. The van der Waals surface area contributed by atoms with Crippen molar-refractivity contribution in [3.05, 3.63) is 23.3 Å². The zero-order valence-electron chi connectivity index (χ0n) is 9.28. The van der Waals surface area contributed by atoms with Gasteiger partial charge in [-0.3, -0.25) is 0 Å². The molecule has 0 heterocycles. The average molecular weight is 265 g/mol. The lowest BCUT2D eigenvalue weighted by Crippen LogP contribution is -2.00. The first kappa shape index (κ1) is 13.1. The Hall–Kier alpha value is -0.940. The normalized spacial score (nSPS) is 11.2. The molecule has 0 saturated carbocycles. The topological polar surface area (TPSA) is 52.6 Å². The minimum atomic E-state index is -3.59. The fourth-order valence-corrected chi connectivity index (χ4v) is 2.41. The Kier molecular flexibility index (Phi) is 4.04. The van der Waals surface area contributed by atoms with Gasteiger partial charge >= 0.3 is 0 Å². The molecule has 6 heteroatoms. The third-order valence-electron chi connectivity index (χ3n) is 2.22. The number of benzene rings is 1. The van der Waals surface area contributed by atoms with Gasteiger partial charge in [0.05, 0.1) is 20.0 Å². The largest absolute Gasteiger partial charge is 0.497 e. The van der Waals surface area contributed by atoms with E-state index in [1.807, 2.05) is 0 Å². The maximum Gasteiger partial charge on any atom is 0.236 e. The van der Waals surface area contributed by atoms with Gasteiger partial charge in [0, 0.05) is 16.7 Å². The molecule has 4 nitrogen and oxygen atoms in total. The van der Waals surface area contributed by atoms with Crippen LogP contribution in [0, 0.1) is 6.92 Å². The van der Waals surface area contributed by atoms with Crippen LogP contribution in [0.25, 0.3) is 0 Å². The van der Waals surface area contributed by atoms with Crippen molar-refractivity contribution in [2.75, 3.05) is 14.2 Å². The van der Waals surface area contributed by atoms with Crippen LogP contribution in [0.3, 0.4) is 0 Å². The van der Waals surface area contributed by atoms with Crippen molar-refractivity contribution in [1.29, 1.82) is 0 Å². The number of halogens is 1. The van der Waals surface area contributed by atoms with E-state index in [1.54, 1.807) is 19.1 Å². The summed E-state index contributed by atoms with van der Waals surface area (Å²) in [4.78, 5) is 0. The Bertz CT molecular complexity index is 482. The van der Waals surface area contributed by atoms with E-state index in [2.05, 4.69) is 0 Å². The predicted octanol–water partition coefficient (Wildman–Crippen LogP) is 2.08. The van der Waals surface area contributed by atoms with Gasteiger partial charge in [0.2, 0.25) is 9.05 Å². The molecule has 0 aliphatic rings. The number of ether oxygens (including phenoxy) is 2. The quantitative estimate of drug-likeness (QED) is 0.782. The summed E-state index contributed by atoms with van der Waals surface area (Å²) >= 11 is 0. The molecule has 0 spiro atoms. The molecule has 0 radical (unpaired) electrons. The Morgan fingerprint density at radius 1 is 1.25 bits per heavy atom. The van der Waals surface area contributed by atoms with E-state index in [9.17, 15) is 8.42 Å². The van der Waals surface area contributed by atoms with E-state index < -0.39 is 9.05 Å². The first-order chi connectivity index (χ1) is 7.37. The highest BCUT2D eigenvalue weighted by Gasteiger charge is 2.14. The molecular weight excluding hydrogens is 252 g/mol. The lowest BCUT2D eigenvalue weighted by molar-refractivity contribution is 0.391. The van der Waals surface area contributed by atoms with Gasteiger partial charge in [0.1, 0.15) is 11.5 Å². The monoisotopic (exact) mass is 264 g/mol. The van der Waals surface area contributed by atoms with Crippen molar-refractivity contribution in [3.63, 3.8) is 0 Å². The second-order valence-corrected chi connectivity index (χ2v) is 6.07. The van der Waals surface area contributed by atoms with Crippen LogP contribution >= 0.6 is 10.7 Å². The molecule has 0 bridgehead atoms. The van der Waals surface area contributed by atoms with Gasteiger partial charge in [-0.2, -0.15) is 0 Å². The summed E-state index contributed by atoms with van der Waals surface area (Å²) in [5.74, 6) is 0.876. The SMILES string of the molecule is COc1cc(CS(=O)(=O)Cl)c(C)c(OC)c1. The van der Waals surface area contributed by atoms with Crippen LogP contribution < -0.4 is 9.47 Å². The molecule has 0 aromatic heterocycles. The smallest absolute Gasteiger partial charge is 0.236 e. The zero-order valence-corrected chi connectivity index (χ0v) is 10.9. The highest BCUT2D eigenvalue weighted by atomic mass is 35.7. The maximum absolute atomic E-state index is 11.0. The highest BCUT2D eigenvalue weighted by Crippen LogP contribution is 2.29. The molecule has 90 valence electrons. The molecule has 0 unspecified atom stereocenters. The Morgan fingerprint density at radius 2 is 1.88 bits per heavy atom. The van der Waals surface area contributed by atoms with Crippen LogP contribution in [-0.2, 0) is 14.8 Å². The van der Waals surface area contributed by atoms with E-state index in [4.69, 9.17) is 20.2 Å². The Balaban J connectivity index is 3.26. The van der Waals surface area contributed by atoms with Gasteiger partial charge in [-0.15, -0.1) is 0 Å². The van der Waals surface area contributed by atoms with E-state index in [-0.39, 0.29) is 5.75 Å². The van der Waals surface area contributed by atoms with E-state index in [0.717, 1.165) is 5.56 Å². The first-order valence-corrected chi connectivity index (χ1v) is 6.99. The van der Waals surface area contributed by atoms with Gasteiger partial charge in [-0.25, -0.2) is 8.42 Å². The molecule has 0 N–H and O–H groups in total. The fraction of sp³-hybridized carbons (Fsp3) is 0.400. The summed E-state index contributed by atoms with van der Waals surface area (Å²) in [6, 6.07) is 3.33. The molecule has 0 aliphatic heterocycles. The van der Waals surface area contributed by atoms with Crippen molar-refractivity contribution in [3.8, 4) is 11.5 Å². The van der Waals surface area contributed by atoms with Crippen molar-refractivity contribution in [2.45, 2.75) is 12.7 Å². The third kappa shape index (κ3) is 3.28. The summed E-state index contributed by atoms with van der Waals surface area (Å²) in [5, 5.41) is 0. The molecular formula is C10H13ClO4S. The minimum Gasteiger partial charge on any atom is -0.497 e. The lowest BCUT2D eigenvalue weighted by Gasteiger charge is -2.11. The van der Waals surface area contributed by atoms with Gasteiger partial charge in [-0.1, -0.05) is 0 Å². The van der Waals surface area contributed by atoms with Crippen molar-refractivity contribution >= 4 is 19.7 Å². The van der Waals surface area contributed by atoms with Crippen LogP contribution in [0.5, 0.6) is 11.5 Å². The number of rotatable bonds is 4. The lowest BCUT2D eigenvalue weighted by atomic mass is 10.1. The second kappa shape index (κ2) is 4.93. The van der Waals surface area contributed by atoms with E-state index in [1.165, 1.54) is 14.2 Å². The summed E-state index contributed by atoms with van der Waals surface area (Å²) < 4.78 is 32.2. The van der Waals surface area contributed by atoms with Crippen LogP contribution in [0.4, 0.5) is 0 Å². The summed E-state index contributed by atoms with van der Waals surface area (Å²) in [6.07, 6.45) is 0.